The molecule has 21 heavy (non-hydrogen) atoms. The first kappa shape index (κ1) is 15.9. The molecule has 0 bridgehead atoms. The van der Waals surface area contributed by atoms with Crippen LogP contribution in [0.25, 0.3) is 0 Å². The highest BCUT2D eigenvalue weighted by Gasteiger charge is 2.49. The molecule has 5 nitrogen and oxygen atoms in total. The molecule has 2 rings (SSSR count). The average molecular weight is 297 g/mol. The van der Waals surface area contributed by atoms with Gasteiger partial charge >= 0.3 is 0 Å². The second-order valence-electron chi connectivity index (χ2n) is 5.11. The minimum Gasteiger partial charge on any atom is -0.381 e. The molecule has 116 valence electrons. The van der Waals surface area contributed by atoms with Crippen molar-refractivity contribution in [2.24, 2.45) is 11.7 Å². The van der Waals surface area contributed by atoms with Crippen LogP contribution in [0.3, 0.4) is 0 Å². The highest BCUT2D eigenvalue weighted by atomic mass is 19.1. The van der Waals surface area contributed by atoms with Crippen molar-refractivity contribution in [3.8, 4) is 0 Å². The first-order chi connectivity index (χ1) is 10.1. The molecule has 1 amide bonds. The summed E-state index contributed by atoms with van der Waals surface area (Å²) in [5.41, 5.74) is 4.85. The number of hydrogen-bond acceptors (Lipinski definition) is 4. The van der Waals surface area contributed by atoms with Crippen LogP contribution in [0.1, 0.15) is 12.0 Å². The number of methoxy groups -OCH3 is 1. The van der Waals surface area contributed by atoms with Gasteiger partial charge in [0, 0.05) is 25.2 Å². The number of carbonyl (C=O) groups is 1. The Labute approximate surface area is 123 Å². The van der Waals surface area contributed by atoms with Crippen LogP contribution < -0.4 is 5.73 Å². The van der Waals surface area contributed by atoms with E-state index in [9.17, 15) is 9.18 Å². The number of amides is 1. The van der Waals surface area contributed by atoms with Crippen molar-refractivity contribution in [1.82, 2.24) is 0 Å². The Balaban J connectivity index is 2.37. The van der Waals surface area contributed by atoms with Gasteiger partial charge in [-0.05, 0) is 12.5 Å². The summed E-state index contributed by atoms with van der Waals surface area (Å²) < 4.78 is 29.8. The molecule has 0 spiro atoms. The fourth-order valence-electron chi connectivity index (χ4n) is 2.90. The second kappa shape index (κ2) is 6.98. The van der Waals surface area contributed by atoms with Gasteiger partial charge in [0.2, 0.25) is 5.91 Å². The molecule has 6 heteroatoms. The summed E-state index contributed by atoms with van der Waals surface area (Å²) in [6.45, 7) is 0.965. The summed E-state index contributed by atoms with van der Waals surface area (Å²) >= 11 is 0. The summed E-state index contributed by atoms with van der Waals surface area (Å²) in [5.74, 6) is -1.34. The predicted octanol–water partition coefficient (Wildman–Crippen LogP) is 1.21. The van der Waals surface area contributed by atoms with Gasteiger partial charge in [0.05, 0.1) is 18.6 Å². The van der Waals surface area contributed by atoms with Crippen LogP contribution in [-0.2, 0) is 24.4 Å². The minimum atomic E-state index is -1.11. The van der Waals surface area contributed by atoms with E-state index in [2.05, 4.69) is 0 Å². The van der Waals surface area contributed by atoms with Gasteiger partial charge in [-0.2, -0.15) is 0 Å². The van der Waals surface area contributed by atoms with Gasteiger partial charge in [0.15, 0.2) is 0 Å². The summed E-state index contributed by atoms with van der Waals surface area (Å²) in [6, 6.07) is 6.23. The minimum absolute atomic E-state index is 0.0998. The zero-order chi connectivity index (χ0) is 15.3. The Kier molecular flexibility index (Phi) is 5.27. The molecule has 1 fully saturated rings. The highest BCUT2D eigenvalue weighted by molar-refractivity contribution is 5.87. The maximum absolute atomic E-state index is 14.2. The molecule has 1 aliphatic heterocycles. The predicted molar refractivity (Wildman–Crippen MR) is 74.0 cm³/mol. The third-order valence-electron chi connectivity index (χ3n) is 3.97. The largest absolute Gasteiger partial charge is 0.381 e. The van der Waals surface area contributed by atoms with Crippen molar-refractivity contribution in [2.75, 3.05) is 33.7 Å². The summed E-state index contributed by atoms with van der Waals surface area (Å²) in [6.07, 6.45) is 0.338. The van der Waals surface area contributed by atoms with Crippen molar-refractivity contribution < 1.29 is 23.4 Å². The van der Waals surface area contributed by atoms with Crippen LogP contribution in [0.15, 0.2) is 24.3 Å². The molecule has 1 aromatic carbocycles. The van der Waals surface area contributed by atoms with Gasteiger partial charge in [0.1, 0.15) is 12.6 Å². The maximum atomic E-state index is 14.2. The molecule has 0 unspecified atom stereocenters. The van der Waals surface area contributed by atoms with E-state index in [1.54, 1.807) is 18.2 Å². The SMILES string of the molecule is COCOC[C@H]1COCC[C@@]1(C(N)=O)c1ccccc1F. The topological polar surface area (TPSA) is 70.8 Å². The van der Waals surface area contributed by atoms with Gasteiger partial charge < -0.3 is 19.9 Å². The summed E-state index contributed by atoms with van der Waals surface area (Å²) in [4.78, 5) is 12.2. The van der Waals surface area contributed by atoms with Crippen LogP contribution >= 0.6 is 0 Å². The Morgan fingerprint density at radius 1 is 1.52 bits per heavy atom. The molecular formula is C15H20FNO4. The number of halogens is 1. The van der Waals surface area contributed by atoms with E-state index in [1.807, 2.05) is 0 Å². The Hall–Kier alpha value is -1.50. The van der Waals surface area contributed by atoms with E-state index in [1.165, 1.54) is 13.2 Å². The Bertz CT molecular complexity index is 496. The van der Waals surface area contributed by atoms with Crippen molar-refractivity contribution in [3.63, 3.8) is 0 Å². The van der Waals surface area contributed by atoms with Gasteiger partial charge in [0.25, 0.3) is 0 Å². The lowest BCUT2D eigenvalue weighted by Crippen LogP contribution is -2.54. The first-order valence-electron chi connectivity index (χ1n) is 6.82. The zero-order valence-electron chi connectivity index (χ0n) is 12.0. The Morgan fingerprint density at radius 3 is 2.95 bits per heavy atom. The molecule has 1 saturated heterocycles. The second-order valence-corrected chi connectivity index (χ2v) is 5.11. The van der Waals surface area contributed by atoms with E-state index in [-0.39, 0.29) is 19.3 Å². The molecule has 0 aromatic heterocycles. The van der Waals surface area contributed by atoms with Crippen molar-refractivity contribution >= 4 is 5.91 Å². The number of ether oxygens (including phenoxy) is 3. The smallest absolute Gasteiger partial charge is 0.228 e. The molecule has 0 saturated carbocycles. The zero-order valence-corrected chi connectivity index (χ0v) is 12.0. The average Bonchev–Trinajstić information content (AvgIpc) is 2.48. The summed E-state index contributed by atoms with van der Waals surface area (Å²) in [7, 11) is 1.51. The van der Waals surface area contributed by atoms with Crippen molar-refractivity contribution in [3.05, 3.63) is 35.6 Å². The van der Waals surface area contributed by atoms with Crippen molar-refractivity contribution in [1.29, 1.82) is 0 Å². The molecule has 0 radical (unpaired) electrons. The summed E-state index contributed by atoms with van der Waals surface area (Å²) in [5, 5.41) is 0. The van der Waals surface area contributed by atoms with E-state index in [0.29, 0.717) is 25.2 Å². The number of primary amides is 1. The number of hydrogen-bond donors (Lipinski definition) is 1. The quantitative estimate of drug-likeness (QED) is 0.633. The lowest BCUT2D eigenvalue weighted by molar-refractivity contribution is -0.137. The number of nitrogens with two attached hydrogens (primary N) is 1. The first-order valence-corrected chi connectivity index (χ1v) is 6.82. The molecule has 0 aliphatic carbocycles. The maximum Gasteiger partial charge on any atom is 0.228 e. The number of benzene rings is 1. The van der Waals surface area contributed by atoms with E-state index in [0.717, 1.165) is 0 Å². The van der Waals surface area contributed by atoms with Gasteiger partial charge in [-0.25, -0.2) is 4.39 Å². The van der Waals surface area contributed by atoms with Gasteiger partial charge in [-0.3, -0.25) is 4.79 Å². The van der Waals surface area contributed by atoms with Crippen molar-refractivity contribution in [2.45, 2.75) is 11.8 Å². The third kappa shape index (κ3) is 3.07. The highest BCUT2D eigenvalue weighted by Crippen LogP contribution is 2.40. The van der Waals surface area contributed by atoms with Gasteiger partial charge in [-0.15, -0.1) is 0 Å². The normalized spacial score (nSPS) is 25.7. The van der Waals surface area contributed by atoms with Gasteiger partial charge in [-0.1, -0.05) is 18.2 Å². The van der Waals surface area contributed by atoms with Crippen LogP contribution in [-0.4, -0.2) is 39.6 Å². The Morgan fingerprint density at radius 2 is 2.29 bits per heavy atom. The van der Waals surface area contributed by atoms with Crippen LogP contribution in [0, 0.1) is 11.7 Å². The number of rotatable bonds is 6. The van der Waals surface area contributed by atoms with E-state index < -0.39 is 17.1 Å². The van der Waals surface area contributed by atoms with Crippen LogP contribution in [0.2, 0.25) is 0 Å². The lowest BCUT2D eigenvalue weighted by Gasteiger charge is -2.41. The van der Waals surface area contributed by atoms with E-state index >= 15 is 0 Å². The fourth-order valence-corrected chi connectivity index (χ4v) is 2.90. The van der Waals surface area contributed by atoms with Crippen LogP contribution in [0.4, 0.5) is 4.39 Å². The fraction of sp³-hybridized carbons (Fsp3) is 0.533. The number of carbonyl (C=O) groups excluding carboxylic acids is 1. The molecular weight excluding hydrogens is 277 g/mol. The van der Waals surface area contributed by atoms with E-state index in [4.69, 9.17) is 19.9 Å². The molecule has 2 N–H and O–H groups in total. The molecule has 1 aromatic rings. The standard InChI is InChI=1S/C15H20FNO4/c1-19-10-21-9-11-8-20-7-6-15(11,14(17)18)12-4-2-3-5-13(12)16/h2-5,11H,6-10H2,1H3,(H2,17,18)/t11-,15+/m1/s1. The molecule has 2 atom stereocenters. The van der Waals surface area contributed by atoms with Crippen LogP contribution in [0.5, 0.6) is 0 Å². The monoisotopic (exact) mass is 297 g/mol. The molecule has 1 aliphatic rings. The third-order valence-corrected chi connectivity index (χ3v) is 3.97. The molecule has 1 heterocycles. The lowest BCUT2D eigenvalue weighted by atomic mass is 9.66.